The van der Waals surface area contributed by atoms with Crippen molar-refractivity contribution in [3.63, 3.8) is 0 Å². The van der Waals surface area contributed by atoms with Crippen LogP contribution < -0.4 is 5.32 Å². The Morgan fingerprint density at radius 3 is 2.56 bits per heavy atom. The molecule has 0 saturated carbocycles. The summed E-state index contributed by atoms with van der Waals surface area (Å²) in [6.07, 6.45) is 1.86. The molecule has 1 fully saturated rings. The van der Waals surface area contributed by atoms with Crippen LogP contribution in [-0.2, 0) is 11.3 Å². The number of nitrogens with one attached hydrogen (secondary N) is 1. The molecule has 1 aliphatic rings. The number of amides is 1. The second-order valence-corrected chi connectivity index (χ2v) is 6.74. The van der Waals surface area contributed by atoms with Crippen molar-refractivity contribution >= 4 is 11.6 Å². The number of carbonyl (C=O) groups is 1. The number of carbonyl (C=O) groups excluding carboxylic acids is 1. The summed E-state index contributed by atoms with van der Waals surface area (Å²) in [6.45, 7) is 9.22. The standard InChI is InChI=1S/C20H26N4O/c1-16-5-3-7-18(13-16)22-20(25)15-24-11-9-23(10-12-24)14-19-17(2)6-4-8-21-19/h3-8,13H,9-12,14-15H2,1-2H3,(H,22,25). The van der Waals surface area contributed by atoms with Gasteiger partial charge in [0.15, 0.2) is 0 Å². The Morgan fingerprint density at radius 2 is 1.84 bits per heavy atom. The fraction of sp³-hybridized carbons (Fsp3) is 0.400. The number of aromatic nitrogens is 1. The quantitative estimate of drug-likeness (QED) is 0.910. The van der Waals surface area contributed by atoms with E-state index in [1.807, 2.05) is 43.5 Å². The predicted octanol–water partition coefficient (Wildman–Crippen LogP) is 2.45. The zero-order valence-electron chi connectivity index (χ0n) is 15.0. The highest BCUT2D eigenvalue weighted by molar-refractivity contribution is 5.92. The van der Waals surface area contributed by atoms with Crippen LogP contribution in [0, 0.1) is 13.8 Å². The van der Waals surface area contributed by atoms with Gasteiger partial charge in [-0.1, -0.05) is 18.2 Å². The Bertz CT molecular complexity index is 723. The van der Waals surface area contributed by atoms with Gasteiger partial charge < -0.3 is 5.32 Å². The second-order valence-electron chi connectivity index (χ2n) is 6.74. The van der Waals surface area contributed by atoms with Gasteiger partial charge in [0.1, 0.15) is 0 Å². The van der Waals surface area contributed by atoms with E-state index in [9.17, 15) is 4.79 Å². The van der Waals surface area contributed by atoms with Gasteiger partial charge in [-0.2, -0.15) is 0 Å². The SMILES string of the molecule is Cc1cccc(NC(=O)CN2CCN(Cc3ncccc3C)CC2)c1. The van der Waals surface area contributed by atoms with Gasteiger partial charge >= 0.3 is 0 Å². The normalized spacial score (nSPS) is 15.9. The summed E-state index contributed by atoms with van der Waals surface area (Å²) in [4.78, 5) is 21.3. The van der Waals surface area contributed by atoms with Crippen molar-refractivity contribution in [1.29, 1.82) is 0 Å². The van der Waals surface area contributed by atoms with E-state index in [0.717, 1.165) is 49.7 Å². The van der Waals surface area contributed by atoms with E-state index in [2.05, 4.69) is 33.1 Å². The monoisotopic (exact) mass is 338 g/mol. The van der Waals surface area contributed by atoms with Gasteiger partial charge in [-0.3, -0.25) is 19.6 Å². The number of benzene rings is 1. The maximum absolute atomic E-state index is 12.2. The maximum Gasteiger partial charge on any atom is 0.238 e. The van der Waals surface area contributed by atoms with Gasteiger partial charge in [0.05, 0.1) is 12.2 Å². The zero-order chi connectivity index (χ0) is 17.6. The van der Waals surface area contributed by atoms with Crippen LogP contribution in [0.4, 0.5) is 5.69 Å². The smallest absolute Gasteiger partial charge is 0.238 e. The summed E-state index contributed by atoms with van der Waals surface area (Å²) in [7, 11) is 0. The van der Waals surface area contributed by atoms with E-state index < -0.39 is 0 Å². The van der Waals surface area contributed by atoms with Crippen LogP contribution >= 0.6 is 0 Å². The molecular formula is C20H26N4O. The average Bonchev–Trinajstić information content (AvgIpc) is 2.58. The molecule has 1 amide bonds. The first kappa shape index (κ1) is 17.6. The van der Waals surface area contributed by atoms with Crippen molar-refractivity contribution in [3.05, 3.63) is 59.4 Å². The third kappa shape index (κ3) is 5.11. The summed E-state index contributed by atoms with van der Waals surface area (Å²) in [5.41, 5.74) is 4.40. The molecule has 2 aromatic rings. The summed E-state index contributed by atoms with van der Waals surface area (Å²) in [6, 6.07) is 12.0. The highest BCUT2D eigenvalue weighted by Gasteiger charge is 2.19. The predicted molar refractivity (Wildman–Crippen MR) is 100 cm³/mol. The van der Waals surface area contributed by atoms with E-state index >= 15 is 0 Å². The van der Waals surface area contributed by atoms with Crippen molar-refractivity contribution in [2.24, 2.45) is 0 Å². The Balaban J connectivity index is 1.44. The minimum Gasteiger partial charge on any atom is -0.325 e. The summed E-state index contributed by atoms with van der Waals surface area (Å²) in [5, 5.41) is 2.98. The lowest BCUT2D eigenvalue weighted by Gasteiger charge is -2.34. The van der Waals surface area contributed by atoms with Crippen LogP contribution in [0.5, 0.6) is 0 Å². The van der Waals surface area contributed by atoms with Crippen LogP contribution in [-0.4, -0.2) is 53.4 Å². The zero-order valence-corrected chi connectivity index (χ0v) is 15.0. The molecule has 1 aliphatic heterocycles. The molecule has 5 heteroatoms. The summed E-state index contributed by atoms with van der Waals surface area (Å²) in [5.74, 6) is 0.0552. The van der Waals surface area contributed by atoms with Crippen molar-refractivity contribution in [2.75, 3.05) is 38.0 Å². The van der Waals surface area contributed by atoms with Crippen molar-refractivity contribution in [3.8, 4) is 0 Å². The molecule has 2 heterocycles. The Kier molecular flexibility index (Phi) is 5.79. The number of hydrogen-bond acceptors (Lipinski definition) is 4. The Hall–Kier alpha value is -2.24. The number of nitrogens with zero attached hydrogens (tertiary/aromatic N) is 3. The molecule has 0 bridgehead atoms. The van der Waals surface area contributed by atoms with Gasteiger partial charge in [-0.05, 0) is 43.2 Å². The van der Waals surface area contributed by atoms with Gasteiger partial charge in [0.2, 0.25) is 5.91 Å². The molecule has 0 unspecified atom stereocenters. The molecule has 3 rings (SSSR count). The summed E-state index contributed by atoms with van der Waals surface area (Å²) >= 11 is 0. The highest BCUT2D eigenvalue weighted by Crippen LogP contribution is 2.12. The topological polar surface area (TPSA) is 48.5 Å². The average molecular weight is 338 g/mol. The number of aryl methyl sites for hydroxylation is 2. The molecule has 1 N–H and O–H groups in total. The van der Waals surface area contributed by atoms with Crippen molar-refractivity contribution < 1.29 is 4.79 Å². The van der Waals surface area contributed by atoms with E-state index in [0.29, 0.717) is 6.54 Å². The van der Waals surface area contributed by atoms with E-state index in [1.54, 1.807) is 0 Å². The molecule has 132 valence electrons. The van der Waals surface area contributed by atoms with Crippen LogP contribution in [0.1, 0.15) is 16.8 Å². The molecule has 1 saturated heterocycles. The highest BCUT2D eigenvalue weighted by atomic mass is 16.2. The molecule has 25 heavy (non-hydrogen) atoms. The number of anilines is 1. The minimum atomic E-state index is 0.0552. The molecule has 0 aliphatic carbocycles. The lowest BCUT2D eigenvalue weighted by atomic mass is 10.2. The van der Waals surface area contributed by atoms with E-state index in [-0.39, 0.29) is 5.91 Å². The minimum absolute atomic E-state index is 0.0552. The fourth-order valence-corrected chi connectivity index (χ4v) is 3.13. The van der Waals surface area contributed by atoms with Crippen molar-refractivity contribution in [1.82, 2.24) is 14.8 Å². The lowest BCUT2D eigenvalue weighted by molar-refractivity contribution is -0.117. The Morgan fingerprint density at radius 1 is 1.08 bits per heavy atom. The third-order valence-corrected chi connectivity index (χ3v) is 4.63. The first-order valence-corrected chi connectivity index (χ1v) is 8.82. The van der Waals surface area contributed by atoms with Crippen molar-refractivity contribution in [2.45, 2.75) is 20.4 Å². The van der Waals surface area contributed by atoms with Crippen LogP contribution in [0.3, 0.4) is 0 Å². The van der Waals surface area contributed by atoms with E-state index in [1.165, 1.54) is 5.56 Å². The van der Waals surface area contributed by atoms with Gasteiger partial charge in [-0.25, -0.2) is 0 Å². The van der Waals surface area contributed by atoms with Gasteiger partial charge in [-0.15, -0.1) is 0 Å². The Labute approximate surface area is 149 Å². The molecule has 1 aromatic heterocycles. The van der Waals surface area contributed by atoms with Crippen LogP contribution in [0.25, 0.3) is 0 Å². The first-order chi connectivity index (χ1) is 12.1. The fourth-order valence-electron chi connectivity index (χ4n) is 3.13. The van der Waals surface area contributed by atoms with Crippen LogP contribution in [0.2, 0.25) is 0 Å². The van der Waals surface area contributed by atoms with Crippen LogP contribution in [0.15, 0.2) is 42.6 Å². The molecule has 0 atom stereocenters. The molecule has 0 radical (unpaired) electrons. The molecule has 5 nitrogen and oxygen atoms in total. The molecule has 1 aromatic carbocycles. The summed E-state index contributed by atoms with van der Waals surface area (Å²) < 4.78 is 0. The number of pyridine rings is 1. The number of rotatable bonds is 5. The van der Waals surface area contributed by atoms with Gasteiger partial charge in [0.25, 0.3) is 0 Å². The van der Waals surface area contributed by atoms with Gasteiger partial charge in [0, 0.05) is 44.6 Å². The number of piperazine rings is 1. The largest absolute Gasteiger partial charge is 0.325 e. The lowest BCUT2D eigenvalue weighted by Crippen LogP contribution is -2.48. The number of hydrogen-bond donors (Lipinski definition) is 1. The second kappa shape index (κ2) is 8.23. The molecule has 0 spiro atoms. The van der Waals surface area contributed by atoms with E-state index in [4.69, 9.17) is 0 Å². The maximum atomic E-state index is 12.2. The molecular weight excluding hydrogens is 312 g/mol. The first-order valence-electron chi connectivity index (χ1n) is 8.82. The third-order valence-electron chi connectivity index (χ3n) is 4.63.